The molecule has 2 N–H and O–H groups in total. The number of benzene rings is 3. The number of methoxy groups -OCH3 is 1. The van der Waals surface area contributed by atoms with Crippen molar-refractivity contribution in [1.29, 1.82) is 0 Å². The van der Waals surface area contributed by atoms with Gasteiger partial charge in [0.1, 0.15) is 4.90 Å². The maximum Gasteiger partial charge on any atom is 0.339 e. The number of hydrogen-bond donors (Lipinski definition) is 2. The number of sulfonamides is 1. The van der Waals surface area contributed by atoms with E-state index in [1.165, 1.54) is 68.8 Å². The predicted molar refractivity (Wildman–Crippen MR) is 131 cm³/mol. The lowest BCUT2D eigenvalue weighted by molar-refractivity contribution is -0.114. The van der Waals surface area contributed by atoms with Crippen LogP contribution >= 0.6 is 0 Å². The van der Waals surface area contributed by atoms with Gasteiger partial charge in [0.2, 0.25) is 5.91 Å². The van der Waals surface area contributed by atoms with Gasteiger partial charge in [0.15, 0.2) is 11.5 Å². The van der Waals surface area contributed by atoms with Gasteiger partial charge in [0, 0.05) is 12.6 Å². The molecule has 3 rings (SSSR count). The van der Waals surface area contributed by atoms with Gasteiger partial charge in [-0.15, -0.1) is 0 Å². The Bertz CT molecular complexity index is 1450. The molecule has 0 spiro atoms. The molecule has 10 nitrogen and oxygen atoms in total. The Kier molecular flexibility index (Phi) is 7.77. The van der Waals surface area contributed by atoms with Gasteiger partial charge in [-0.2, -0.15) is 21.9 Å². The Balaban J connectivity index is 1.79. The Labute approximate surface area is 203 Å². The summed E-state index contributed by atoms with van der Waals surface area (Å²) in [7, 11) is -6.76. The van der Waals surface area contributed by atoms with E-state index < -0.39 is 20.1 Å². The van der Waals surface area contributed by atoms with E-state index in [4.69, 9.17) is 8.92 Å². The molecule has 0 unspecified atom stereocenters. The van der Waals surface area contributed by atoms with Crippen LogP contribution in [0.25, 0.3) is 0 Å². The summed E-state index contributed by atoms with van der Waals surface area (Å²) in [6.45, 7) is 3.18. The summed E-state index contributed by atoms with van der Waals surface area (Å²) in [6.07, 6.45) is 1.20. The lowest BCUT2D eigenvalue weighted by Crippen LogP contribution is -2.18. The Morgan fingerprint density at radius 2 is 1.51 bits per heavy atom. The zero-order valence-electron chi connectivity index (χ0n) is 19.0. The van der Waals surface area contributed by atoms with Crippen molar-refractivity contribution < 1.29 is 30.6 Å². The lowest BCUT2D eigenvalue weighted by atomic mass is 10.2. The molecular weight excluding hydrogens is 494 g/mol. The molecule has 35 heavy (non-hydrogen) atoms. The number of ether oxygens (including phenoxy) is 1. The molecule has 0 fully saturated rings. The molecule has 0 aliphatic carbocycles. The second-order valence-electron chi connectivity index (χ2n) is 7.32. The molecular formula is C23H23N3O7S2. The van der Waals surface area contributed by atoms with E-state index in [2.05, 4.69) is 15.2 Å². The van der Waals surface area contributed by atoms with Crippen molar-refractivity contribution in [2.45, 2.75) is 23.6 Å². The molecule has 12 heteroatoms. The van der Waals surface area contributed by atoms with Crippen LogP contribution in [0.2, 0.25) is 0 Å². The molecule has 184 valence electrons. The summed E-state index contributed by atoms with van der Waals surface area (Å²) in [5.74, 6) is -0.272. The molecule has 1 amide bonds. The Hall–Kier alpha value is -3.90. The van der Waals surface area contributed by atoms with Crippen molar-refractivity contribution in [1.82, 2.24) is 4.83 Å². The highest BCUT2D eigenvalue weighted by Crippen LogP contribution is 2.30. The van der Waals surface area contributed by atoms with Crippen molar-refractivity contribution in [3.05, 3.63) is 77.9 Å². The first-order chi connectivity index (χ1) is 16.5. The largest absolute Gasteiger partial charge is 0.493 e. The Morgan fingerprint density at radius 3 is 2.11 bits per heavy atom. The monoisotopic (exact) mass is 517 g/mol. The number of amides is 1. The van der Waals surface area contributed by atoms with E-state index in [9.17, 15) is 21.6 Å². The molecule has 0 heterocycles. The lowest BCUT2D eigenvalue weighted by Gasteiger charge is -2.12. The van der Waals surface area contributed by atoms with Crippen molar-refractivity contribution in [3.8, 4) is 11.5 Å². The minimum Gasteiger partial charge on any atom is -0.493 e. The van der Waals surface area contributed by atoms with Crippen molar-refractivity contribution in [2.24, 2.45) is 5.10 Å². The summed E-state index contributed by atoms with van der Waals surface area (Å²) in [5, 5.41) is 6.30. The van der Waals surface area contributed by atoms with Gasteiger partial charge in [0.05, 0.1) is 18.2 Å². The molecule has 0 aliphatic rings. The van der Waals surface area contributed by atoms with Crippen LogP contribution in [-0.2, 0) is 24.9 Å². The Morgan fingerprint density at radius 1 is 0.886 bits per heavy atom. The number of carbonyl (C=O) groups excluding carboxylic acids is 1. The van der Waals surface area contributed by atoms with E-state index in [0.29, 0.717) is 11.3 Å². The molecule has 3 aromatic rings. The standard InChI is InChI=1S/C23H23N3O7S2/c1-16-4-9-20(10-5-16)34(28,29)26-24-15-18-6-13-22(32-3)23(14-18)33-35(30,31)21-11-7-19(8-12-21)25-17(2)27/h4-15,26H,1-3H3,(H,25,27)/b24-15-. The smallest absolute Gasteiger partial charge is 0.339 e. The summed E-state index contributed by atoms with van der Waals surface area (Å²) in [6, 6.07) is 16.0. The van der Waals surface area contributed by atoms with Crippen LogP contribution in [0.5, 0.6) is 11.5 Å². The van der Waals surface area contributed by atoms with Crippen LogP contribution < -0.4 is 19.1 Å². The van der Waals surface area contributed by atoms with Crippen molar-refractivity contribution in [3.63, 3.8) is 0 Å². The van der Waals surface area contributed by atoms with Crippen LogP contribution in [0.3, 0.4) is 0 Å². The van der Waals surface area contributed by atoms with Gasteiger partial charge in [-0.25, -0.2) is 4.83 Å². The summed E-state index contributed by atoms with van der Waals surface area (Å²) < 4.78 is 60.7. The molecule has 0 saturated heterocycles. The van der Waals surface area contributed by atoms with E-state index in [-0.39, 0.29) is 27.2 Å². The first-order valence-electron chi connectivity index (χ1n) is 10.1. The number of nitrogens with one attached hydrogen (secondary N) is 2. The normalized spacial score (nSPS) is 11.7. The van der Waals surface area contributed by atoms with Crippen molar-refractivity contribution >= 4 is 38.0 Å². The minimum absolute atomic E-state index is 0.0506. The second-order valence-corrected chi connectivity index (χ2v) is 10.5. The maximum atomic E-state index is 12.8. The first kappa shape index (κ1) is 25.7. The molecule has 0 bridgehead atoms. The summed E-state index contributed by atoms with van der Waals surface area (Å²) in [5.41, 5.74) is 1.70. The molecule has 0 saturated carbocycles. The number of carbonyl (C=O) groups is 1. The number of rotatable bonds is 9. The third-order valence-corrected chi connectivity index (χ3v) is 7.06. The third kappa shape index (κ3) is 6.80. The van der Waals surface area contributed by atoms with Gasteiger partial charge in [-0.1, -0.05) is 17.7 Å². The highest BCUT2D eigenvalue weighted by atomic mass is 32.2. The van der Waals surface area contributed by atoms with Gasteiger partial charge in [-0.05, 0) is 67.1 Å². The van der Waals surface area contributed by atoms with Gasteiger partial charge < -0.3 is 14.2 Å². The zero-order valence-corrected chi connectivity index (χ0v) is 20.7. The summed E-state index contributed by atoms with van der Waals surface area (Å²) in [4.78, 5) is 13.2. The molecule has 0 aromatic heterocycles. The number of nitrogens with zero attached hydrogens (tertiary/aromatic N) is 1. The SMILES string of the molecule is COc1ccc(/C=N\NS(=O)(=O)c2ccc(C)cc2)cc1OS(=O)(=O)c1ccc(NC(C)=O)cc1. The second kappa shape index (κ2) is 10.6. The molecule has 0 radical (unpaired) electrons. The molecule has 3 aromatic carbocycles. The first-order valence-corrected chi connectivity index (χ1v) is 13.0. The average Bonchev–Trinajstić information content (AvgIpc) is 2.79. The van der Waals surface area contributed by atoms with Gasteiger partial charge >= 0.3 is 10.1 Å². The fourth-order valence-electron chi connectivity index (χ4n) is 2.85. The minimum atomic E-state index is -4.24. The van der Waals surface area contributed by atoms with Crippen LogP contribution in [0.15, 0.2) is 81.6 Å². The molecule has 0 aliphatic heterocycles. The van der Waals surface area contributed by atoms with Crippen LogP contribution in [0.1, 0.15) is 18.1 Å². The number of anilines is 1. The number of hydrazone groups is 1. The average molecular weight is 518 g/mol. The highest BCUT2D eigenvalue weighted by Gasteiger charge is 2.20. The van der Waals surface area contributed by atoms with Gasteiger partial charge in [0.25, 0.3) is 10.0 Å². The summed E-state index contributed by atoms with van der Waals surface area (Å²) >= 11 is 0. The van der Waals surface area contributed by atoms with E-state index in [1.54, 1.807) is 18.2 Å². The fourth-order valence-corrected chi connectivity index (χ4v) is 4.58. The van der Waals surface area contributed by atoms with Crippen molar-refractivity contribution in [2.75, 3.05) is 12.4 Å². The van der Waals surface area contributed by atoms with E-state index in [0.717, 1.165) is 5.56 Å². The fraction of sp³-hybridized carbons (Fsp3) is 0.130. The van der Waals surface area contributed by atoms with E-state index >= 15 is 0 Å². The van der Waals surface area contributed by atoms with Gasteiger partial charge in [-0.3, -0.25) is 4.79 Å². The predicted octanol–water partition coefficient (Wildman–Crippen LogP) is 3.04. The zero-order chi connectivity index (χ0) is 25.6. The van der Waals surface area contributed by atoms with Crippen LogP contribution in [-0.4, -0.2) is 36.1 Å². The maximum absolute atomic E-state index is 12.8. The topological polar surface area (TPSA) is 140 Å². The number of aryl methyl sites for hydroxylation is 1. The number of hydrogen-bond acceptors (Lipinski definition) is 8. The van der Waals surface area contributed by atoms with Crippen LogP contribution in [0, 0.1) is 6.92 Å². The molecule has 0 atom stereocenters. The van der Waals surface area contributed by atoms with E-state index in [1.807, 2.05) is 6.92 Å². The van der Waals surface area contributed by atoms with Crippen LogP contribution in [0.4, 0.5) is 5.69 Å². The quantitative estimate of drug-likeness (QED) is 0.253. The third-order valence-electron chi connectivity index (χ3n) is 4.57. The highest BCUT2D eigenvalue weighted by molar-refractivity contribution is 7.89.